The number of hydrogen-bond acceptors (Lipinski definition) is 1. The number of alkyl halides is 1. The van der Waals surface area contributed by atoms with E-state index in [9.17, 15) is 0 Å². The van der Waals surface area contributed by atoms with Gasteiger partial charge in [-0.05, 0) is 37.3 Å². The number of hydrogen-bond donors (Lipinski definition) is 0. The fourth-order valence-corrected chi connectivity index (χ4v) is 2.57. The SMILES string of the molecule is Cc1cc(CC(C)(C)CBr)c(C)s1. The van der Waals surface area contributed by atoms with Gasteiger partial charge in [0.05, 0.1) is 0 Å². The molecule has 1 rings (SSSR count). The van der Waals surface area contributed by atoms with Crippen LogP contribution in [0.25, 0.3) is 0 Å². The summed E-state index contributed by atoms with van der Waals surface area (Å²) >= 11 is 5.47. The highest BCUT2D eigenvalue weighted by Gasteiger charge is 2.18. The summed E-state index contributed by atoms with van der Waals surface area (Å²) in [5.41, 5.74) is 1.89. The van der Waals surface area contributed by atoms with E-state index >= 15 is 0 Å². The molecule has 0 aliphatic heterocycles. The Balaban J connectivity index is 2.79. The van der Waals surface area contributed by atoms with Crippen molar-refractivity contribution in [3.8, 4) is 0 Å². The van der Waals surface area contributed by atoms with Gasteiger partial charge in [0.2, 0.25) is 0 Å². The Morgan fingerprint density at radius 1 is 1.38 bits per heavy atom. The molecule has 0 bridgehead atoms. The average molecular weight is 261 g/mol. The fraction of sp³-hybridized carbons (Fsp3) is 0.636. The summed E-state index contributed by atoms with van der Waals surface area (Å²) in [5.74, 6) is 0. The number of halogens is 1. The van der Waals surface area contributed by atoms with Crippen LogP contribution in [-0.4, -0.2) is 5.33 Å². The van der Waals surface area contributed by atoms with E-state index in [1.54, 1.807) is 0 Å². The van der Waals surface area contributed by atoms with Crippen LogP contribution in [0.5, 0.6) is 0 Å². The molecule has 0 aliphatic carbocycles. The Bertz CT molecular complexity index is 286. The third-order valence-electron chi connectivity index (χ3n) is 2.17. The van der Waals surface area contributed by atoms with Gasteiger partial charge in [0, 0.05) is 15.1 Å². The summed E-state index contributed by atoms with van der Waals surface area (Å²) in [4.78, 5) is 2.91. The first-order valence-electron chi connectivity index (χ1n) is 4.56. The molecular weight excluding hydrogens is 244 g/mol. The lowest BCUT2D eigenvalue weighted by Crippen LogP contribution is -2.16. The van der Waals surface area contributed by atoms with Crippen molar-refractivity contribution in [2.75, 3.05) is 5.33 Å². The highest BCUT2D eigenvalue weighted by molar-refractivity contribution is 9.09. The summed E-state index contributed by atoms with van der Waals surface area (Å²) in [5, 5.41) is 1.06. The largest absolute Gasteiger partial charge is 0.146 e. The van der Waals surface area contributed by atoms with Gasteiger partial charge in [-0.25, -0.2) is 0 Å². The second-order valence-electron chi connectivity index (χ2n) is 4.41. The number of aryl methyl sites for hydroxylation is 2. The maximum absolute atomic E-state index is 3.56. The normalized spacial score (nSPS) is 12.1. The van der Waals surface area contributed by atoms with Crippen molar-refractivity contribution in [2.24, 2.45) is 5.41 Å². The molecule has 0 amide bonds. The zero-order chi connectivity index (χ0) is 10.1. The molecule has 0 fully saturated rings. The smallest absolute Gasteiger partial charge is 0.00858 e. The zero-order valence-electron chi connectivity index (χ0n) is 8.78. The van der Waals surface area contributed by atoms with Crippen LogP contribution >= 0.6 is 27.3 Å². The lowest BCUT2D eigenvalue weighted by atomic mass is 9.88. The van der Waals surface area contributed by atoms with E-state index in [1.165, 1.54) is 21.7 Å². The third kappa shape index (κ3) is 3.10. The molecule has 0 saturated carbocycles. The molecule has 0 unspecified atom stereocenters. The molecule has 13 heavy (non-hydrogen) atoms. The minimum Gasteiger partial charge on any atom is -0.146 e. The summed E-state index contributed by atoms with van der Waals surface area (Å²) in [6, 6.07) is 2.32. The van der Waals surface area contributed by atoms with Crippen molar-refractivity contribution in [1.82, 2.24) is 0 Å². The Morgan fingerprint density at radius 2 is 2.00 bits per heavy atom. The minimum absolute atomic E-state index is 0.373. The van der Waals surface area contributed by atoms with Gasteiger partial charge in [0.25, 0.3) is 0 Å². The molecule has 0 atom stereocenters. The van der Waals surface area contributed by atoms with Crippen LogP contribution in [0.15, 0.2) is 6.07 Å². The summed E-state index contributed by atoms with van der Waals surface area (Å²) in [7, 11) is 0. The molecule has 1 aromatic rings. The van der Waals surface area contributed by atoms with Gasteiger partial charge in [-0.15, -0.1) is 11.3 Å². The van der Waals surface area contributed by atoms with E-state index in [-0.39, 0.29) is 0 Å². The van der Waals surface area contributed by atoms with Crippen molar-refractivity contribution in [3.63, 3.8) is 0 Å². The lowest BCUT2D eigenvalue weighted by molar-refractivity contribution is 0.424. The highest BCUT2D eigenvalue weighted by Crippen LogP contribution is 2.29. The maximum atomic E-state index is 3.56. The summed E-state index contributed by atoms with van der Waals surface area (Å²) < 4.78 is 0. The van der Waals surface area contributed by atoms with E-state index in [2.05, 4.69) is 49.7 Å². The lowest BCUT2D eigenvalue weighted by Gasteiger charge is -2.21. The van der Waals surface area contributed by atoms with Crippen LogP contribution in [0.4, 0.5) is 0 Å². The van der Waals surface area contributed by atoms with Crippen molar-refractivity contribution >= 4 is 27.3 Å². The Hall–Kier alpha value is 0.180. The first-order valence-corrected chi connectivity index (χ1v) is 6.50. The van der Waals surface area contributed by atoms with Crippen molar-refractivity contribution in [2.45, 2.75) is 34.1 Å². The van der Waals surface area contributed by atoms with Gasteiger partial charge >= 0.3 is 0 Å². The van der Waals surface area contributed by atoms with E-state index in [0.29, 0.717) is 5.41 Å². The average Bonchev–Trinajstić information content (AvgIpc) is 2.30. The molecule has 1 aromatic heterocycles. The van der Waals surface area contributed by atoms with Crippen LogP contribution in [0.3, 0.4) is 0 Å². The molecule has 0 radical (unpaired) electrons. The van der Waals surface area contributed by atoms with Crippen LogP contribution in [0, 0.1) is 19.3 Å². The molecule has 0 aromatic carbocycles. The van der Waals surface area contributed by atoms with E-state index in [4.69, 9.17) is 0 Å². The van der Waals surface area contributed by atoms with Crippen molar-refractivity contribution < 1.29 is 0 Å². The number of rotatable bonds is 3. The van der Waals surface area contributed by atoms with Crippen LogP contribution in [0.1, 0.15) is 29.2 Å². The third-order valence-corrected chi connectivity index (χ3v) is 4.70. The first-order chi connectivity index (χ1) is 5.94. The molecule has 2 heteroatoms. The van der Waals surface area contributed by atoms with Gasteiger partial charge in [-0.3, -0.25) is 0 Å². The predicted octanol–water partition coefficient (Wildman–Crippen LogP) is 4.33. The molecule has 0 saturated heterocycles. The second kappa shape index (κ2) is 4.14. The van der Waals surface area contributed by atoms with Crippen molar-refractivity contribution in [1.29, 1.82) is 0 Å². The highest BCUT2D eigenvalue weighted by atomic mass is 79.9. The molecule has 0 N–H and O–H groups in total. The van der Waals surface area contributed by atoms with Crippen LogP contribution in [-0.2, 0) is 6.42 Å². The fourth-order valence-electron chi connectivity index (χ4n) is 1.42. The predicted molar refractivity (Wildman–Crippen MR) is 65.1 cm³/mol. The molecule has 0 aliphatic rings. The monoisotopic (exact) mass is 260 g/mol. The molecular formula is C11H17BrS. The Kier molecular flexibility index (Phi) is 3.58. The first kappa shape index (κ1) is 11.3. The summed E-state index contributed by atoms with van der Waals surface area (Å²) in [6.07, 6.45) is 1.18. The summed E-state index contributed by atoms with van der Waals surface area (Å²) in [6.45, 7) is 9.00. The molecule has 74 valence electrons. The van der Waals surface area contributed by atoms with Gasteiger partial charge in [-0.2, -0.15) is 0 Å². The van der Waals surface area contributed by atoms with Crippen LogP contribution < -0.4 is 0 Å². The Morgan fingerprint density at radius 3 is 2.38 bits per heavy atom. The van der Waals surface area contributed by atoms with Crippen LogP contribution in [0.2, 0.25) is 0 Å². The number of thiophene rings is 1. The topological polar surface area (TPSA) is 0 Å². The minimum atomic E-state index is 0.373. The maximum Gasteiger partial charge on any atom is 0.00858 e. The standard InChI is InChI=1S/C11H17BrS/c1-8-5-10(9(2)13-8)6-11(3,4)7-12/h5H,6-7H2,1-4H3. The Labute approximate surface area is 93.5 Å². The van der Waals surface area contributed by atoms with E-state index < -0.39 is 0 Å². The second-order valence-corrected chi connectivity index (χ2v) is 6.43. The van der Waals surface area contributed by atoms with Gasteiger partial charge in [-0.1, -0.05) is 29.8 Å². The molecule has 0 spiro atoms. The van der Waals surface area contributed by atoms with Gasteiger partial charge < -0.3 is 0 Å². The van der Waals surface area contributed by atoms with Gasteiger partial charge in [0.1, 0.15) is 0 Å². The van der Waals surface area contributed by atoms with E-state index in [0.717, 1.165) is 5.33 Å². The van der Waals surface area contributed by atoms with E-state index in [1.807, 2.05) is 11.3 Å². The van der Waals surface area contributed by atoms with Gasteiger partial charge in [0.15, 0.2) is 0 Å². The molecule has 0 nitrogen and oxygen atoms in total. The zero-order valence-corrected chi connectivity index (χ0v) is 11.2. The molecule has 1 heterocycles. The quantitative estimate of drug-likeness (QED) is 0.710. The van der Waals surface area contributed by atoms with Crippen molar-refractivity contribution in [3.05, 3.63) is 21.4 Å².